The summed E-state index contributed by atoms with van der Waals surface area (Å²) in [6, 6.07) is 3.80. The van der Waals surface area contributed by atoms with Gasteiger partial charge < -0.3 is 5.73 Å². The molecule has 1 aromatic rings. The highest BCUT2D eigenvalue weighted by atomic mass is 19.1. The van der Waals surface area contributed by atoms with E-state index in [4.69, 9.17) is 5.73 Å². The van der Waals surface area contributed by atoms with Gasteiger partial charge in [0, 0.05) is 11.1 Å². The second kappa shape index (κ2) is 4.17. The number of rotatable bonds is 1. The van der Waals surface area contributed by atoms with Gasteiger partial charge in [-0.05, 0) is 32.3 Å². The number of nitrogens with two attached hydrogens (primary N) is 1. The fourth-order valence-electron chi connectivity index (χ4n) is 2.76. The van der Waals surface area contributed by atoms with E-state index in [0.717, 1.165) is 36.8 Å². The summed E-state index contributed by atoms with van der Waals surface area (Å²) >= 11 is 0. The van der Waals surface area contributed by atoms with Crippen LogP contribution in [0.25, 0.3) is 0 Å². The van der Waals surface area contributed by atoms with Gasteiger partial charge in [0.25, 0.3) is 0 Å². The molecular formula is C14H20FN. The Morgan fingerprint density at radius 1 is 1.12 bits per heavy atom. The molecule has 1 aliphatic rings. The van der Waals surface area contributed by atoms with Gasteiger partial charge in [0.2, 0.25) is 0 Å². The SMILES string of the molecule is Cc1cc(C)c(F)c(C2(N)CCCCC2)c1. The number of halogens is 1. The van der Waals surface area contributed by atoms with E-state index in [1.165, 1.54) is 6.42 Å². The lowest BCUT2D eigenvalue weighted by Crippen LogP contribution is -2.39. The fourth-order valence-corrected chi connectivity index (χ4v) is 2.76. The molecule has 1 saturated carbocycles. The highest BCUT2D eigenvalue weighted by Gasteiger charge is 2.32. The van der Waals surface area contributed by atoms with Crippen molar-refractivity contribution in [2.45, 2.75) is 51.5 Å². The van der Waals surface area contributed by atoms with E-state index >= 15 is 0 Å². The summed E-state index contributed by atoms with van der Waals surface area (Å²) in [5.41, 5.74) is 8.49. The van der Waals surface area contributed by atoms with Crippen LogP contribution in [0.2, 0.25) is 0 Å². The zero-order valence-corrected chi connectivity index (χ0v) is 10.1. The summed E-state index contributed by atoms with van der Waals surface area (Å²) < 4.78 is 14.1. The smallest absolute Gasteiger partial charge is 0.131 e. The van der Waals surface area contributed by atoms with Crippen LogP contribution in [0.15, 0.2) is 12.1 Å². The minimum Gasteiger partial charge on any atom is -0.321 e. The Labute approximate surface area is 96.9 Å². The van der Waals surface area contributed by atoms with Gasteiger partial charge in [0.1, 0.15) is 5.82 Å². The van der Waals surface area contributed by atoms with Crippen LogP contribution in [0.4, 0.5) is 4.39 Å². The zero-order valence-electron chi connectivity index (χ0n) is 10.1. The summed E-state index contributed by atoms with van der Waals surface area (Å²) in [6.45, 7) is 3.82. The van der Waals surface area contributed by atoms with Crippen LogP contribution in [0.1, 0.15) is 48.8 Å². The maximum atomic E-state index is 14.1. The third-order valence-electron chi connectivity index (χ3n) is 3.68. The van der Waals surface area contributed by atoms with Crippen LogP contribution in [0, 0.1) is 19.7 Å². The average molecular weight is 221 g/mol. The quantitative estimate of drug-likeness (QED) is 0.771. The van der Waals surface area contributed by atoms with Crippen molar-refractivity contribution in [2.24, 2.45) is 5.73 Å². The molecule has 0 atom stereocenters. The first-order chi connectivity index (χ1) is 7.53. The first kappa shape index (κ1) is 11.6. The molecule has 1 aliphatic carbocycles. The Hall–Kier alpha value is -0.890. The van der Waals surface area contributed by atoms with Gasteiger partial charge >= 0.3 is 0 Å². The van der Waals surface area contributed by atoms with Crippen molar-refractivity contribution in [3.63, 3.8) is 0 Å². The van der Waals surface area contributed by atoms with Crippen LogP contribution in [-0.4, -0.2) is 0 Å². The van der Waals surface area contributed by atoms with Crippen molar-refractivity contribution in [3.05, 3.63) is 34.6 Å². The molecule has 0 heterocycles. The van der Waals surface area contributed by atoms with Gasteiger partial charge in [-0.15, -0.1) is 0 Å². The highest BCUT2D eigenvalue weighted by Crippen LogP contribution is 2.37. The number of benzene rings is 1. The molecule has 0 saturated heterocycles. The highest BCUT2D eigenvalue weighted by molar-refractivity contribution is 5.35. The Morgan fingerprint density at radius 3 is 2.38 bits per heavy atom. The largest absolute Gasteiger partial charge is 0.321 e. The van der Waals surface area contributed by atoms with E-state index in [9.17, 15) is 4.39 Å². The topological polar surface area (TPSA) is 26.0 Å². The van der Waals surface area contributed by atoms with Gasteiger partial charge in [0.05, 0.1) is 0 Å². The summed E-state index contributed by atoms with van der Waals surface area (Å²) in [6.07, 6.45) is 5.27. The Morgan fingerprint density at radius 2 is 1.75 bits per heavy atom. The van der Waals surface area contributed by atoms with E-state index in [1.54, 1.807) is 0 Å². The van der Waals surface area contributed by atoms with Gasteiger partial charge in [-0.25, -0.2) is 4.39 Å². The van der Waals surface area contributed by atoms with E-state index in [1.807, 2.05) is 26.0 Å². The third kappa shape index (κ3) is 1.99. The van der Waals surface area contributed by atoms with Crippen LogP contribution >= 0.6 is 0 Å². The summed E-state index contributed by atoms with van der Waals surface area (Å²) in [5.74, 6) is -0.102. The van der Waals surface area contributed by atoms with E-state index in [0.29, 0.717) is 5.56 Å². The Balaban J connectivity index is 2.45. The maximum absolute atomic E-state index is 14.1. The van der Waals surface area contributed by atoms with Crippen molar-refractivity contribution in [3.8, 4) is 0 Å². The molecule has 0 unspecified atom stereocenters. The molecule has 0 spiro atoms. The lowest BCUT2D eigenvalue weighted by molar-refractivity contribution is 0.292. The van der Waals surface area contributed by atoms with Gasteiger partial charge in [0.15, 0.2) is 0 Å². The first-order valence-corrected chi connectivity index (χ1v) is 6.09. The standard InChI is InChI=1S/C14H20FN/c1-10-8-11(2)13(15)12(9-10)14(16)6-4-3-5-7-14/h8-9H,3-7,16H2,1-2H3. The van der Waals surface area contributed by atoms with Crippen LogP contribution in [-0.2, 0) is 5.54 Å². The zero-order chi connectivity index (χ0) is 11.8. The fraction of sp³-hybridized carbons (Fsp3) is 0.571. The van der Waals surface area contributed by atoms with Crippen LogP contribution in [0.5, 0.6) is 0 Å². The van der Waals surface area contributed by atoms with E-state index in [-0.39, 0.29) is 5.82 Å². The molecule has 1 aromatic carbocycles. The molecule has 0 aromatic heterocycles. The van der Waals surface area contributed by atoms with Crippen molar-refractivity contribution in [1.29, 1.82) is 0 Å². The summed E-state index contributed by atoms with van der Waals surface area (Å²) in [5, 5.41) is 0. The molecule has 0 amide bonds. The third-order valence-corrected chi connectivity index (χ3v) is 3.68. The van der Waals surface area contributed by atoms with Crippen molar-refractivity contribution >= 4 is 0 Å². The average Bonchev–Trinajstić information content (AvgIpc) is 2.24. The molecular weight excluding hydrogens is 201 g/mol. The number of hydrogen-bond acceptors (Lipinski definition) is 1. The van der Waals surface area contributed by atoms with E-state index in [2.05, 4.69) is 0 Å². The first-order valence-electron chi connectivity index (χ1n) is 6.09. The number of aryl methyl sites for hydroxylation is 2. The minimum absolute atomic E-state index is 0.102. The lowest BCUT2D eigenvalue weighted by atomic mass is 9.76. The van der Waals surface area contributed by atoms with Crippen LogP contribution in [0.3, 0.4) is 0 Å². The molecule has 1 fully saturated rings. The molecule has 0 radical (unpaired) electrons. The molecule has 88 valence electrons. The molecule has 1 nitrogen and oxygen atoms in total. The second-order valence-electron chi connectivity index (χ2n) is 5.16. The normalized spacial score (nSPS) is 19.8. The van der Waals surface area contributed by atoms with E-state index < -0.39 is 5.54 Å². The molecule has 2 rings (SSSR count). The lowest BCUT2D eigenvalue weighted by Gasteiger charge is -2.34. The molecule has 16 heavy (non-hydrogen) atoms. The molecule has 0 aliphatic heterocycles. The Bertz CT molecular complexity index is 392. The molecule has 2 heteroatoms. The van der Waals surface area contributed by atoms with Gasteiger partial charge in [-0.3, -0.25) is 0 Å². The van der Waals surface area contributed by atoms with Gasteiger partial charge in [-0.1, -0.05) is 37.0 Å². The summed E-state index contributed by atoms with van der Waals surface area (Å²) in [7, 11) is 0. The summed E-state index contributed by atoms with van der Waals surface area (Å²) in [4.78, 5) is 0. The monoisotopic (exact) mass is 221 g/mol. The minimum atomic E-state index is -0.431. The second-order valence-corrected chi connectivity index (χ2v) is 5.16. The van der Waals surface area contributed by atoms with Crippen molar-refractivity contribution in [1.82, 2.24) is 0 Å². The van der Waals surface area contributed by atoms with Gasteiger partial charge in [-0.2, -0.15) is 0 Å². The molecule has 0 bridgehead atoms. The number of hydrogen-bond donors (Lipinski definition) is 1. The maximum Gasteiger partial charge on any atom is 0.131 e. The van der Waals surface area contributed by atoms with Crippen molar-refractivity contribution in [2.75, 3.05) is 0 Å². The van der Waals surface area contributed by atoms with Crippen LogP contribution < -0.4 is 5.73 Å². The predicted octanol–water partition coefficient (Wildman–Crippen LogP) is 3.56. The molecule has 2 N–H and O–H groups in total. The Kier molecular flexibility index (Phi) is 3.02. The predicted molar refractivity (Wildman–Crippen MR) is 64.8 cm³/mol. The van der Waals surface area contributed by atoms with Crippen molar-refractivity contribution < 1.29 is 4.39 Å².